The summed E-state index contributed by atoms with van der Waals surface area (Å²) in [6, 6.07) is 0. The van der Waals surface area contributed by atoms with E-state index in [1.165, 1.54) is 0 Å². The predicted molar refractivity (Wildman–Crippen MR) is 46.9 cm³/mol. The lowest BCUT2D eigenvalue weighted by molar-refractivity contribution is 1.18. The Labute approximate surface area is 73.2 Å². The molecule has 1 aromatic heterocycles. The molecule has 0 saturated carbocycles. The highest BCUT2D eigenvalue weighted by molar-refractivity contribution is 6.31. The van der Waals surface area contributed by atoms with Gasteiger partial charge in [0.2, 0.25) is 0 Å². The second kappa shape index (κ2) is 2.82. The van der Waals surface area contributed by atoms with Crippen molar-refractivity contribution in [3.63, 3.8) is 0 Å². The normalized spacial score (nSPS) is 9.75. The Bertz CT molecular complexity index is 335. The largest absolute Gasteiger partial charge is 0.382 e. The average Bonchev–Trinajstić information content (AvgIpc) is 1.96. The first-order valence-corrected chi connectivity index (χ1v) is 3.33. The molecule has 0 atom stereocenters. The van der Waals surface area contributed by atoms with E-state index >= 15 is 0 Å². The van der Waals surface area contributed by atoms with Crippen LogP contribution in [0.2, 0.25) is 5.15 Å². The standard InChI is InChI=1S/C5H7ClN6/c6-2-5(10)12-4(9)1(11-2)3(7)8/h(H3,7,8)(H4,9,10,12). The number of hydrogen-bond acceptors (Lipinski definition) is 5. The van der Waals surface area contributed by atoms with E-state index in [9.17, 15) is 0 Å². The first-order chi connectivity index (χ1) is 5.52. The van der Waals surface area contributed by atoms with Crippen LogP contribution in [0.1, 0.15) is 5.69 Å². The van der Waals surface area contributed by atoms with Crippen LogP contribution in [0.3, 0.4) is 0 Å². The number of halogens is 1. The third-order valence-corrected chi connectivity index (χ3v) is 1.44. The van der Waals surface area contributed by atoms with Gasteiger partial charge in [-0.3, -0.25) is 5.41 Å². The Morgan fingerprint density at radius 2 is 1.83 bits per heavy atom. The number of hydrogen-bond donors (Lipinski definition) is 4. The van der Waals surface area contributed by atoms with Gasteiger partial charge in [0.25, 0.3) is 0 Å². The van der Waals surface area contributed by atoms with E-state index in [0.29, 0.717) is 0 Å². The van der Waals surface area contributed by atoms with Crippen molar-refractivity contribution in [2.24, 2.45) is 5.73 Å². The van der Waals surface area contributed by atoms with Crippen molar-refractivity contribution in [1.29, 1.82) is 5.41 Å². The molecule has 0 bridgehead atoms. The highest BCUT2D eigenvalue weighted by atomic mass is 35.5. The van der Waals surface area contributed by atoms with Crippen LogP contribution in [-0.4, -0.2) is 15.8 Å². The molecule has 0 aromatic carbocycles. The van der Waals surface area contributed by atoms with Gasteiger partial charge < -0.3 is 17.2 Å². The molecule has 1 rings (SSSR count). The van der Waals surface area contributed by atoms with Crippen molar-refractivity contribution >= 4 is 29.1 Å². The SMILES string of the molecule is N=C(N)c1nc(Cl)c(N)nc1N. The van der Waals surface area contributed by atoms with Crippen LogP contribution in [0.4, 0.5) is 11.6 Å². The summed E-state index contributed by atoms with van der Waals surface area (Å²) in [6.45, 7) is 0. The third-order valence-electron chi connectivity index (χ3n) is 1.16. The highest BCUT2D eigenvalue weighted by Crippen LogP contribution is 2.16. The second-order valence-electron chi connectivity index (χ2n) is 2.05. The van der Waals surface area contributed by atoms with Crippen molar-refractivity contribution in [3.05, 3.63) is 10.8 Å². The summed E-state index contributed by atoms with van der Waals surface area (Å²) in [4.78, 5) is 7.31. The Kier molecular flexibility index (Phi) is 2.01. The quantitative estimate of drug-likeness (QED) is 0.350. The fourth-order valence-electron chi connectivity index (χ4n) is 0.640. The smallest absolute Gasteiger partial charge is 0.172 e. The predicted octanol–water partition coefficient (Wildman–Crippen LogP) is -0.422. The molecule has 12 heavy (non-hydrogen) atoms. The number of nitrogen functional groups attached to an aromatic ring is 3. The van der Waals surface area contributed by atoms with Crippen LogP contribution < -0.4 is 17.2 Å². The van der Waals surface area contributed by atoms with Crippen LogP contribution >= 0.6 is 11.6 Å². The summed E-state index contributed by atoms with van der Waals surface area (Å²) in [6.07, 6.45) is 0. The summed E-state index contributed by atoms with van der Waals surface area (Å²) < 4.78 is 0. The number of anilines is 2. The number of aromatic nitrogens is 2. The van der Waals surface area contributed by atoms with Crippen molar-refractivity contribution in [3.8, 4) is 0 Å². The molecule has 0 aliphatic carbocycles. The Balaban J connectivity index is 3.33. The molecule has 0 amide bonds. The number of nitrogens with one attached hydrogen (secondary N) is 1. The van der Waals surface area contributed by atoms with Gasteiger partial charge in [-0.1, -0.05) is 11.6 Å². The fraction of sp³-hybridized carbons (Fsp3) is 0. The lowest BCUT2D eigenvalue weighted by Crippen LogP contribution is -2.17. The molecule has 0 aliphatic rings. The first kappa shape index (κ1) is 8.54. The zero-order valence-corrected chi connectivity index (χ0v) is 6.76. The topological polar surface area (TPSA) is 128 Å². The molecule has 6 nitrogen and oxygen atoms in total. The van der Waals surface area contributed by atoms with Crippen molar-refractivity contribution in [2.45, 2.75) is 0 Å². The van der Waals surface area contributed by atoms with Crippen LogP contribution in [0.5, 0.6) is 0 Å². The van der Waals surface area contributed by atoms with Crippen molar-refractivity contribution in [1.82, 2.24) is 9.97 Å². The van der Waals surface area contributed by atoms with E-state index < -0.39 is 0 Å². The number of amidine groups is 1. The van der Waals surface area contributed by atoms with Gasteiger partial charge in [-0.2, -0.15) is 0 Å². The van der Waals surface area contributed by atoms with E-state index in [2.05, 4.69) is 9.97 Å². The number of nitrogens with zero attached hydrogens (tertiary/aromatic N) is 2. The fourth-order valence-corrected chi connectivity index (χ4v) is 0.767. The summed E-state index contributed by atoms with van der Waals surface area (Å²) in [5.74, 6) is -0.259. The summed E-state index contributed by atoms with van der Waals surface area (Å²) in [5.41, 5.74) is 15.8. The van der Waals surface area contributed by atoms with Crippen LogP contribution in [0.25, 0.3) is 0 Å². The molecule has 7 N–H and O–H groups in total. The van der Waals surface area contributed by atoms with Crippen LogP contribution in [-0.2, 0) is 0 Å². The maximum absolute atomic E-state index is 7.04. The zero-order chi connectivity index (χ0) is 9.30. The molecule has 0 radical (unpaired) electrons. The Hall–Kier alpha value is -1.56. The minimum atomic E-state index is -0.290. The Morgan fingerprint density at radius 3 is 2.33 bits per heavy atom. The van der Waals surface area contributed by atoms with Crippen molar-refractivity contribution in [2.75, 3.05) is 11.5 Å². The number of rotatable bonds is 1. The molecule has 0 aliphatic heterocycles. The molecular weight excluding hydrogens is 180 g/mol. The van der Waals surface area contributed by atoms with E-state index in [-0.39, 0.29) is 28.3 Å². The molecule has 1 aromatic rings. The first-order valence-electron chi connectivity index (χ1n) is 2.95. The molecule has 7 heteroatoms. The number of nitrogens with two attached hydrogens (primary N) is 3. The molecule has 0 saturated heterocycles. The van der Waals surface area contributed by atoms with E-state index in [1.54, 1.807) is 0 Å². The van der Waals surface area contributed by atoms with E-state index in [4.69, 9.17) is 34.2 Å². The molecule has 0 unspecified atom stereocenters. The van der Waals surface area contributed by atoms with Crippen LogP contribution in [0, 0.1) is 5.41 Å². The lowest BCUT2D eigenvalue weighted by Gasteiger charge is -2.03. The summed E-state index contributed by atoms with van der Waals surface area (Å²) in [5, 5.41) is 7.03. The van der Waals surface area contributed by atoms with Gasteiger partial charge in [0.1, 0.15) is 11.5 Å². The molecule has 0 fully saturated rings. The minimum absolute atomic E-state index is 0.00407. The second-order valence-corrected chi connectivity index (χ2v) is 2.41. The van der Waals surface area contributed by atoms with Crippen LogP contribution in [0.15, 0.2) is 0 Å². The van der Waals surface area contributed by atoms with Gasteiger partial charge in [-0.05, 0) is 0 Å². The minimum Gasteiger partial charge on any atom is -0.382 e. The van der Waals surface area contributed by atoms with Gasteiger partial charge >= 0.3 is 0 Å². The maximum Gasteiger partial charge on any atom is 0.172 e. The monoisotopic (exact) mass is 186 g/mol. The van der Waals surface area contributed by atoms with Crippen molar-refractivity contribution < 1.29 is 0 Å². The average molecular weight is 187 g/mol. The molecule has 64 valence electrons. The zero-order valence-electron chi connectivity index (χ0n) is 6.00. The molecule has 0 spiro atoms. The van der Waals surface area contributed by atoms with Gasteiger partial charge in [0, 0.05) is 0 Å². The van der Waals surface area contributed by atoms with E-state index in [0.717, 1.165) is 0 Å². The summed E-state index contributed by atoms with van der Waals surface area (Å²) >= 11 is 5.52. The van der Waals surface area contributed by atoms with Gasteiger partial charge in [-0.15, -0.1) is 0 Å². The Morgan fingerprint density at radius 1 is 1.25 bits per heavy atom. The molecular formula is C5H7ClN6. The van der Waals surface area contributed by atoms with E-state index in [1.807, 2.05) is 0 Å². The third kappa shape index (κ3) is 1.37. The van der Waals surface area contributed by atoms with Gasteiger partial charge in [0.05, 0.1) is 0 Å². The van der Waals surface area contributed by atoms with Gasteiger partial charge in [-0.25, -0.2) is 9.97 Å². The lowest BCUT2D eigenvalue weighted by atomic mass is 10.4. The highest BCUT2D eigenvalue weighted by Gasteiger charge is 2.09. The molecule has 1 heterocycles. The van der Waals surface area contributed by atoms with Gasteiger partial charge in [0.15, 0.2) is 16.8 Å². The maximum atomic E-state index is 7.04. The summed E-state index contributed by atoms with van der Waals surface area (Å²) in [7, 11) is 0.